The highest BCUT2D eigenvalue weighted by Crippen LogP contribution is 2.11. The number of carboxylic acid groups (broad SMARTS) is 1. The second kappa shape index (κ2) is 8.08. The van der Waals surface area contributed by atoms with Crippen molar-refractivity contribution in [1.29, 1.82) is 0 Å². The molecule has 0 aliphatic carbocycles. The predicted octanol–water partition coefficient (Wildman–Crippen LogP) is 1.51. The number of nitrogens with one attached hydrogen (secondary N) is 1. The second-order valence-electron chi connectivity index (χ2n) is 5.25. The Labute approximate surface area is 109 Å². The van der Waals surface area contributed by atoms with Crippen molar-refractivity contribution in [2.75, 3.05) is 6.54 Å². The molecular weight excluding hydrogens is 232 g/mol. The molecule has 0 aromatic heterocycles. The Morgan fingerprint density at radius 2 is 2.00 bits per heavy atom. The van der Waals surface area contributed by atoms with E-state index in [2.05, 4.69) is 5.32 Å². The van der Waals surface area contributed by atoms with Crippen LogP contribution in [0.25, 0.3) is 0 Å². The molecule has 5 heteroatoms. The highest BCUT2D eigenvalue weighted by atomic mass is 16.4. The lowest BCUT2D eigenvalue weighted by Gasteiger charge is -2.23. The molecule has 0 heterocycles. The van der Waals surface area contributed by atoms with Gasteiger partial charge in [-0.05, 0) is 32.1 Å². The van der Waals surface area contributed by atoms with Gasteiger partial charge in [0.2, 0.25) is 5.91 Å². The Morgan fingerprint density at radius 3 is 2.50 bits per heavy atom. The maximum Gasteiger partial charge on any atom is 0.303 e. The van der Waals surface area contributed by atoms with Crippen LogP contribution < -0.4 is 11.1 Å². The topological polar surface area (TPSA) is 92.4 Å². The van der Waals surface area contributed by atoms with E-state index in [0.29, 0.717) is 19.4 Å². The first-order valence-electron chi connectivity index (χ1n) is 6.58. The van der Waals surface area contributed by atoms with Crippen LogP contribution in [0.2, 0.25) is 0 Å². The van der Waals surface area contributed by atoms with E-state index < -0.39 is 11.5 Å². The van der Waals surface area contributed by atoms with Gasteiger partial charge in [0.25, 0.3) is 0 Å². The lowest BCUT2D eigenvalue weighted by Crippen LogP contribution is -2.51. The Morgan fingerprint density at radius 1 is 1.39 bits per heavy atom. The predicted molar refractivity (Wildman–Crippen MR) is 71.2 cm³/mol. The maximum atomic E-state index is 11.8. The van der Waals surface area contributed by atoms with Crippen molar-refractivity contribution in [3.05, 3.63) is 0 Å². The third-order valence-electron chi connectivity index (χ3n) is 3.06. The van der Waals surface area contributed by atoms with Crippen molar-refractivity contribution < 1.29 is 14.7 Å². The molecule has 0 radical (unpaired) electrons. The van der Waals surface area contributed by atoms with Gasteiger partial charge in [-0.25, -0.2) is 0 Å². The standard InChI is InChI=1S/C13H26N2O3/c1-4-8-13(3,14)12(18)15-9-7-10(2)5-6-11(16)17/h10H,4-9,14H2,1-3H3,(H,15,18)(H,16,17). The van der Waals surface area contributed by atoms with Crippen molar-refractivity contribution in [3.8, 4) is 0 Å². The van der Waals surface area contributed by atoms with Crippen LogP contribution in [-0.4, -0.2) is 29.1 Å². The van der Waals surface area contributed by atoms with Gasteiger partial charge < -0.3 is 16.2 Å². The second-order valence-corrected chi connectivity index (χ2v) is 5.25. The summed E-state index contributed by atoms with van der Waals surface area (Å²) in [5.41, 5.74) is 5.09. The number of nitrogens with two attached hydrogens (primary N) is 1. The van der Waals surface area contributed by atoms with E-state index in [1.807, 2.05) is 13.8 Å². The Balaban J connectivity index is 3.83. The average Bonchev–Trinajstić information content (AvgIpc) is 2.26. The van der Waals surface area contributed by atoms with Gasteiger partial charge in [0, 0.05) is 13.0 Å². The molecule has 18 heavy (non-hydrogen) atoms. The van der Waals surface area contributed by atoms with Crippen molar-refractivity contribution in [2.45, 2.75) is 58.4 Å². The van der Waals surface area contributed by atoms with Crippen molar-refractivity contribution in [1.82, 2.24) is 5.32 Å². The lowest BCUT2D eigenvalue weighted by molar-refractivity contribution is -0.137. The molecule has 106 valence electrons. The van der Waals surface area contributed by atoms with Crippen LogP contribution in [0.3, 0.4) is 0 Å². The first-order chi connectivity index (χ1) is 8.29. The van der Waals surface area contributed by atoms with Crippen LogP contribution in [-0.2, 0) is 9.59 Å². The quantitative estimate of drug-likeness (QED) is 0.584. The van der Waals surface area contributed by atoms with E-state index in [-0.39, 0.29) is 18.2 Å². The summed E-state index contributed by atoms with van der Waals surface area (Å²) in [7, 11) is 0. The zero-order valence-electron chi connectivity index (χ0n) is 11.7. The van der Waals surface area contributed by atoms with Gasteiger partial charge in [-0.1, -0.05) is 20.3 Å². The zero-order chi connectivity index (χ0) is 14.2. The maximum absolute atomic E-state index is 11.8. The van der Waals surface area contributed by atoms with Crippen molar-refractivity contribution in [3.63, 3.8) is 0 Å². The monoisotopic (exact) mass is 258 g/mol. The summed E-state index contributed by atoms with van der Waals surface area (Å²) >= 11 is 0. The Bertz CT molecular complexity index is 277. The Kier molecular flexibility index (Phi) is 7.59. The van der Waals surface area contributed by atoms with Crippen LogP contribution in [0.5, 0.6) is 0 Å². The molecule has 0 fully saturated rings. The molecule has 4 N–H and O–H groups in total. The third kappa shape index (κ3) is 7.27. The van der Waals surface area contributed by atoms with Gasteiger partial charge in [-0.15, -0.1) is 0 Å². The fraction of sp³-hybridized carbons (Fsp3) is 0.846. The minimum atomic E-state index is -0.806. The SMILES string of the molecule is CCCC(C)(N)C(=O)NCCC(C)CCC(=O)O. The smallest absolute Gasteiger partial charge is 0.303 e. The summed E-state index contributed by atoms with van der Waals surface area (Å²) in [5, 5.41) is 11.4. The first-order valence-corrected chi connectivity index (χ1v) is 6.58. The minimum absolute atomic E-state index is 0.130. The molecular formula is C13H26N2O3. The summed E-state index contributed by atoms with van der Waals surface area (Å²) in [5.74, 6) is -0.616. The summed E-state index contributed by atoms with van der Waals surface area (Å²) in [6.07, 6.45) is 3.13. The minimum Gasteiger partial charge on any atom is -0.481 e. The van der Waals surface area contributed by atoms with Crippen LogP contribution in [0, 0.1) is 5.92 Å². The van der Waals surface area contributed by atoms with E-state index in [4.69, 9.17) is 10.8 Å². The molecule has 0 saturated carbocycles. The lowest BCUT2D eigenvalue weighted by atomic mass is 9.96. The normalized spacial score (nSPS) is 15.8. The van der Waals surface area contributed by atoms with Gasteiger partial charge >= 0.3 is 5.97 Å². The summed E-state index contributed by atoms with van der Waals surface area (Å²) in [6.45, 7) is 6.27. The van der Waals surface area contributed by atoms with E-state index in [1.165, 1.54) is 0 Å². The highest BCUT2D eigenvalue weighted by Gasteiger charge is 2.26. The number of aliphatic carboxylic acids is 1. The number of carbonyl (C=O) groups excluding carboxylic acids is 1. The van der Waals surface area contributed by atoms with Crippen LogP contribution in [0.15, 0.2) is 0 Å². The molecule has 0 rings (SSSR count). The van der Waals surface area contributed by atoms with E-state index >= 15 is 0 Å². The molecule has 0 aliphatic heterocycles. The molecule has 5 nitrogen and oxygen atoms in total. The summed E-state index contributed by atoms with van der Waals surface area (Å²) in [6, 6.07) is 0. The van der Waals surface area contributed by atoms with E-state index in [1.54, 1.807) is 6.92 Å². The number of amides is 1. The molecule has 2 unspecified atom stereocenters. The van der Waals surface area contributed by atoms with E-state index in [9.17, 15) is 9.59 Å². The number of carboxylic acids is 1. The zero-order valence-corrected chi connectivity index (χ0v) is 11.7. The van der Waals surface area contributed by atoms with Gasteiger partial charge in [-0.2, -0.15) is 0 Å². The van der Waals surface area contributed by atoms with Crippen LogP contribution >= 0.6 is 0 Å². The molecule has 0 bridgehead atoms. The number of carbonyl (C=O) groups is 2. The fourth-order valence-electron chi connectivity index (χ4n) is 1.78. The van der Waals surface area contributed by atoms with Gasteiger partial charge in [-0.3, -0.25) is 9.59 Å². The number of hydrogen-bond donors (Lipinski definition) is 3. The summed E-state index contributed by atoms with van der Waals surface area (Å²) < 4.78 is 0. The molecule has 0 spiro atoms. The molecule has 0 saturated heterocycles. The molecule has 1 amide bonds. The Hall–Kier alpha value is -1.10. The van der Waals surface area contributed by atoms with Gasteiger partial charge in [0.05, 0.1) is 5.54 Å². The first kappa shape index (κ1) is 16.9. The van der Waals surface area contributed by atoms with Crippen molar-refractivity contribution >= 4 is 11.9 Å². The molecule has 0 aliphatic rings. The molecule has 0 aromatic carbocycles. The fourth-order valence-corrected chi connectivity index (χ4v) is 1.78. The molecule has 0 aromatic rings. The summed E-state index contributed by atoms with van der Waals surface area (Å²) in [4.78, 5) is 22.2. The van der Waals surface area contributed by atoms with Crippen LogP contribution in [0.4, 0.5) is 0 Å². The van der Waals surface area contributed by atoms with Crippen LogP contribution in [0.1, 0.15) is 52.9 Å². The number of rotatable bonds is 9. The van der Waals surface area contributed by atoms with E-state index in [0.717, 1.165) is 12.8 Å². The van der Waals surface area contributed by atoms with Crippen molar-refractivity contribution in [2.24, 2.45) is 11.7 Å². The molecule has 2 atom stereocenters. The average molecular weight is 258 g/mol. The highest BCUT2D eigenvalue weighted by molar-refractivity contribution is 5.85. The third-order valence-corrected chi connectivity index (χ3v) is 3.06. The number of hydrogen-bond acceptors (Lipinski definition) is 3. The van der Waals surface area contributed by atoms with Gasteiger partial charge in [0.15, 0.2) is 0 Å². The largest absolute Gasteiger partial charge is 0.481 e. The van der Waals surface area contributed by atoms with Gasteiger partial charge in [0.1, 0.15) is 0 Å².